The zero-order valence-electron chi connectivity index (χ0n) is 19.2. The van der Waals surface area contributed by atoms with Crippen molar-refractivity contribution >= 4 is 35.5 Å². The van der Waals surface area contributed by atoms with Crippen LogP contribution in [0, 0.1) is 0 Å². The van der Waals surface area contributed by atoms with Crippen LogP contribution in [0.15, 0.2) is 24.3 Å². The number of aliphatic carboxylic acids is 1. The van der Waals surface area contributed by atoms with Gasteiger partial charge in [0.1, 0.15) is 23.9 Å². The molecule has 0 aliphatic rings. The zero-order chi connectivity index (χ0) is 27.4. The number of carboxylic acids is 1. The Hall–Kier alpha value is -4.24. The average molecular weight is 511 g/mol. The molecule has 1 aromatic rings. The molecule has 15 heteroatoms. The van der Waals surface area contributed by atoms with E-state index in [1.165, 1.54) is 24.3 Å². The number of rotatable bonds is 15. The Labute approximate surface area is 205 Å². The first-order valence-corrected chi connectivity index (χ1v) is 10.7. The quantitative estimate of drug-likeness (QED) is 0.110. The molecule has 12 N–H and O–H groups in total. The van der Waals surface area contributed by atoms with Gasteiger partial charge in [-0.2, -0.15) is 0 Å². The summed E-state index contributed by atoms with van der Waals surface area (Å²) in [5.74, 6) is -6.23. The van der Waals surface area contributed by atoms with Crippen LogP contribution in [-0.2, 0) is 35.2 Å². The number of aromatic hydroxyl groups is 1. The van der Waals surface area contributed by atoms with E-state index >= 15 is 0 Å². The van der Waals surface area contributed by atoms with Crippen LogP contribution in [0.1, 0.15) is 24.8 Å². The number of carbonyl (C=O) groups is 6. The summed E-state index contributed by atoms with van der Waals surface area (Å²) in [4.78, 5) is 71.2. The lowest BCUT2D eigenvalue weighted by molar-refractivity contribution is -0.143. The molecular formula is C21H30N6O9. The third-order valence-electron chi connectivity index (χ3n) is 4.88. The summed E-state index contributed by atoms with van der Waals surface area (Å²) in [5.41, 5.74) is 16.6. The molecule has 4 atom stereocenters. The van der Waals surface area contributed by atoms with Crippen molar-refractivity contribution in [3.63, 3.8) is 0 Å². The van der Waals surface area contributed by atoms with Crippen LogP contribution in [0.25, 0.3) is 0 Å². The number of primary amides is 2. The van der Waals surface area contributed by atoms with E-state index in [2.05, 4.69) is 16.0 Å². The Morgan fingerprint density at radius 1 is 0.806 bits per heavy atom. The SMILES string of the molecule is NC(=O)CCC(NC(=O)C(CO)NC(=O)C(CC(N)=O)NC(=O)C(N)Cc1ccc(O)cc1)C(=O)O. The molecule has 15 nitrogen and oxygen atoms in total. The maximum absolute atomic E-state index is 12.7. The largest absolute Gasteiger partial charge is 0.508 e. The van der Waals surface area contributed by atoms with E-state index in [0.29, 0.717) is 5.56 Å². The van der Waals surface area contributed by atoms with Crippen molar-refractivity contribution in [1.82, 2.24) is 16.0 Å². The summed E-state index contributed by atoms with van der Waals surface area (Å²) >= 11 is 0. The van der Waals surface area contributed by atoms with E-state index in [1.807, 2.05) is 0 Å². The van der Waals surface area contributed by atoms with Gasteiger partial charge in [-0.15, -0.1) is 0 Å². The van der Waals surface area contributed by atoms with Gasteiger partial charge in [0.25, 0.3) is 0 Å². The average Bonchev–Trinajstić information content (AvgIpc) is 2.80. The molecule has 0 saturated carbocycles. The number of carbonyl (C=O) groups excluding carboxylic acids is 5. The number of aliphatic hydroxyl groups excluding tert-OH is 1. The van der Waals surface area contributed by atoms with Crippen LogP contribution in [0.5, 0.6) is 5.75 Å². The fourth-order valence-electron chi connectivity index (χ4n) is 2.95. The van der Waals surface area contributed by atoms with Gasteiger partial charge in [0.2, 0.25) is 29.5 Å². The molecule has 36 heavy (non-hydrogen) atoms. The van der Waals surface area contributed by atoms with Crippen LogP contribution in [0.4, 0.5) is 0 Å². The molecule has 198 valence electrons. The third kappa shape index (κ3) is 10.4. The molecule has 0 aliphatic heterocycles. The molecule has 0 heterocycles. The van der Waals surface area contributed by atoms with Gasteiger partial charge >= 0.3 is 5.97 Å². The number of phenols is 1. The van der Waals surface area contributed by atoms with Crippen LogP contribution in [0.3, 0.4) is 0 Å². The standard InChI is InChI=1S/C21H30N6O9/c22-12(7-10-1-3-11(29)4-2-10)18(32)26-14(8-17(24)31)19(33)27-15(9-28)20(34)25-13(21(35)36)5-6-16(23)30/h1-4,12-15,28-29H,5-9,22H2,(H2,23,30)(H2,24,31)(H,25,34)(H,26,32)(H,27,33)(H,35,36). The Balaban J connectivity index is 2.85. The molecule has 1 rings (SSSR count). The third-order valence-corrected chi connectivity index (χ3v) is 4.88. The summed E-state index contributed by atoms with van der Waals surface area (Å²) in [5, 5.41) is 34.5. The van der Waals surface area contributed by atoms with E-state index in [-0.39, 0.29) is 25.0 Å². The van der Waals surface area contributed by atoms with Gasteiger partial charge in [0, 0.05) is 6.42 Å². The number of amides is 5. The minimum absolute atomic E-state index is 0.0139. The minimum Gasteiger partial charge on any atom is -0.508 e. The van der Waals surface area contributed by atoms with Gasteiger partial charge in [0.05, 0.1) is 19.1 Å². The summed E-state index contributed by atoms with van der Waals surface area (Å²) in [6.45, 7) is -0.961. The second-order valence-corrected chi connectivity index (χ2v) is 7.86. The van der Waals surface area contributed by atoms with E-state index in [1.54, 1.807) is 0 Å². The molecule has 5 amide bonds. The molecule has 4 unspecified atom stereocenters. The van der Waals surface area contributed by atoms with Crippen LogP contribution < -0.4 is 33.2 Å². The van der Waals surface area contributed by atoms with Crippen molar-refractivity contribution in [2.24, 2.45) is 17.2 Å². The number of carboxylic acid groups (broad SMARTS) is 1. The van der Waals surface area contributed by atoms with Gasteiger partial charge in [-0.25, -0.2) is 4.79 Å². The first-order chi connectivity index (χ1) is 16.8. The van der Waals surface area contributed by atoms with Gasteiger partial charge in [0.15, 0.2) is 0 Å². The predicted octanol–water partition coefficient (Wildman–Crippen LogP) is -4.07. The highest BCUT2D eigenvalue weighted by molar-refractivity contribution is 5.96. The van der Waals surface area contributed by atoms with Crippen molar-refractivity contribution in [3.8, 4) is 5.75 Å². The Kier molecular flexibility index (Phi) is 11.8. The van der Waals surface area contributed by atoms with Crippen LogP contribution in [0.2, 0.25) is 0 Å². The molecular weight excluding hydrogens is 480 g/mol. The fraction of sp³-hybridized carbons (Fsp3) is 0.429. The number of aliphatic hydroxyl groups is 1. The Bertz CT molecular complexity index is 969. The fourth-order valence-corrected chi connectivity index (χ4v) is 2.95. The molecule has 1 aromatic carbocycles. The Morgan fingerprint density at radius 3 is 1.83 bits per heavy atom. The smallest absolute Gasteiger partial charge is 0.326 e. The van der Waals surface area contributed by atoms with E-state index in [0.717, 1.165) is 0 Å². The second-order valence-electron chi connectivity index (χ2n) is 7.86. The van der Waals surface area contributed by atoms with E-state index < -0.39 is 72.7 Å². The van der Waals surface area contributed by atoms with Crippen LogP contribution >= 0.6 is 0 Å². The lowest BCUT2D eigenvalue weighted by Gasteiger charge is -2.23. The normalized spacial score (nSPS) is 13.9. The van der Waals surface area contributed by atoms with Crippen LogP contribution in [-0.4, -0.2) is 81.6 Å². The minimum atomic E-state index is -1.66. The highest BCUT2D eigenvalue weighted by Crippen LogP contribution is 2.11. The lowest BCUT2D eigenvalue weighted by atomic mass is 10.0. The number of benzene rings is 1. The van der Waals surface area contributed by atoms with Crippen molar-refractivity contribution in [1.29, 1.82) is 0 Å². The first kappa shape index (κ1) is 29.8. The van der Waals surface area contributed by atoms with Crippen molar-refractivity contribution < 1.29 is 44.1 Å². The molecule has 0 spiro atoms. The van der Waals surface area contributed by atoms with Gasteiger partial charge in [-0.1, -0.05) is 12.1 Å². The summed E-state index contributed by atoms with van der Waals surface area (Å²) in [7, 11) is 0. The monoisotopic (exact) mass is 510 g/mol. The second kappa shape index (κ2) is 14.2. The molecule has 0 radical (unpaired) electrons. The number of phenolic OH excluding ortho intramolecular Hbond substituents is 1. The maximum Gasteiger partial charge on any atom is 0.326 e. The van der Waals surface area contributed by atoms with Gasteiger partial charge in [-0.05, 0) is 30.5 Å². The highest BCUT2D eigenvalue weighted by Gasteiger charge is 2.31. The number of hydrogen-bond acceptors (Lipinski definition) is 9. The van der Waals surface area contributed by atoms with Gasteiger partial charge < -0.3 is 48.5 Å². The predicted molar refractivity (Wildman–Crippen MR) is 123 cm³/mol. The molecule has 0 aliphatic carbocycles. The maximum atomic E-state index is 12.7. The van der Waals surface area contributed by atoms with E-state index in [9.17, 15) is 44.1 Å². The summed E-state index contributed by atoms with van der Waals surface area (Å²) < 4.78 is 0. The highest BCUT2D eigenvalue weighted by atomic mass is 16.4. The van der Waals surface area contributed by atoms with Crippen molar-refractivity contribution in [3.05, 3.63) is 29.8 Å². The summed E-state index contributed by atoms with van der Waals surface area (Å²) in [6.07, 6.45) is -1.31. The molecule has 0 saturated heterocycles. The topological polar surface area (TPSA) is 277 Å². The lowest BCUT2D eigenvalue weighted by Crippen LogP contribution is -2.58. The number of nitrogens with two attached hydrogens (primary N) is 3. The Morgan fingerprint density at radius 2 is 1.33 bits per heavy atom. The van der Waals surface area contributed by atoms with Crippen molar-refractivity contribution in [2.45, 2.75) is 49.9 Å². The zero-order valence-corrected chi connectivity index (χ0v) is 19.2. The van der Waals surface area contributed by atoms with Crippen molar-refractivity contribution in [2.75, 3.05) is 6.61 Å². The molecule has 0 aromatic heterocycles. The molecule has 0 bridgehead atoms. The summed E-state index contributed by atoms with van der Waals surface area (Å²) in [6, 6.07) is -0.0499. The first-order valence-electron chi connectivity index (χ1n) is 10.7. The number of hydrogen-bond donors (Lipinski definition) is 9. The number of nitrogens with one attached hydrogen (secondary N) is 3. The molecule has 0 fully saturated rings. The van der Waals surface area contributed by atoms with Gasteiger partial charge in [-0.3, -0.25) is 24.0 Å². The van der Waals surface area contributed by atoms with E-state index in [4.69, 9.17) is 17.2 Å².